The van der Waals surface area contributed by atoms with Gasteiger partial charge in [0.15, 0.2) is 5.78 Å². The van der Waals surface area contributed by atoms with Crippen molar-refractivity contribution >= 4 is 23.8 Å². The quantitative estimate of drug-likeness (QED) is 0.503. The molecule has 178 valence electrons. The Morgan fingerprint density at radius 1 is 1.00 bits per heavy atom. The minimum absolute atomic E-state index is 0.0898. The van der Waals surface area contributed by atoms with Gasteiger partial charge in [-0.3, -0.25) is 9.59 Å². The van der Waals surface area contributed by atoms with Crippen molar-refractivity contribution in [3.05, 3.63) is 35.9 Å². The average molecular weight is 449 g/mol. The Balaban J connectivity index is 2.80. The molecule has 0 aromatic heterocycles. The number of hydrogen-bond acceptors (Lipinski definition) is 6. The molecule has 0 saturated carbocycles. The Morgan fingerprint density at radius 3 is 2.16 bits per heavy atom. The number of nitrogens with one attached hydrogen (secondary N) is 2. The van der Waals surface area contributed by atoms with Crippen molar-refractivity contribution in [2.75, 3.05) is 7.11 Å². The molecule has 0 aliphatic carbocycles. The van der Waals surface area contributed by atoms with E-state index in [0.717, 1.165) is 5.56 Å². The van der Waals surface area contributed by atoms with Crippen LogP contribution in [0.3, 0.4) is 0 Å². The van der Waals surface area contributed by atoms with Crippen molar-refractivity contribution in [3.8, 4) is 0 Å². The fourth-order valence-corrected chi connectivity index (χ4v) is 3.00. The standard InChI is InChI=1S/C24H36N2O6/c1-7-16(2)21(22(29)31-6)26-20(28)14-13-19(27)18(15-17-11-9-8-10-12-17)25-23(30)32-24(3,4)5/h8-12,16,18,21H,7,13-15H2,1-6H3,(H,25,30)(H,26,28)/t16?,18-,21-/m0/s1. The van der Waals surface area contributed by atoms with E-state index in [4.69, 9.17) is 9.47 Å². The summed E-state index contributed by atoms with van der Waals surface area (Å²) in [5, 5.41) is 5.28. The number of carbonyl (C=O) groups excluding carboxylic acids is 4. The molecular weight excluding hydrogens is 412 g/mol. The molecule has 0 radical (unpaired) electrons. The topological polar surface area (TPSA) is 111 Å². The second-order valence-electron chi connectivity index (χ2n) is 8.81. The van der Waals surface area contributed by atoms with Gasteiger partial charge in [-0.15, -0.1) is 0 Å². The van der Waals surface area contributed by atoms with Gasteiger partial charge in [-0.2, -0.15) is 0 Å². The van der Waals surface area contributed by atoms with Crippen LogP contribution in [0, 0.1) is 5.92 Å². The number of amides is 2. The lowest BCUT2D eigenvalue weighted by atomic mass is 9.98. The zero-order valence-electron chi connectivity index (χ0n) is 19.9. The molecule has 0 aliphatic rings. The van der Waals surface area contributed by atoms with E-state index in [0.29, 0.717) is 6.42 Å². The first-order valence-corrected chi connectivity index (χ1v) is 10.9. The van der Waals surface area contributed by atoms with Crippen molar-refractivity contribution in [1.82, 2.24) is 10.6 Å². The van der Waals surface area contributed by atoms with Gasteiger partial charge in [-0.05, 0) is 38.7 Å². The summed E-state index contributed by atoms with van der Waals surface area (Å²) in [6.07, 6.45) is 0.0620. The molecule has 1 rings (SSSR count). The molecule has 1 unspecified atom stereocenters. The van der Waals surface area contributed by atoms with E-state index in [9.17, 15) is 19.2 Å². The van der Waals surface area contributed by atoms with Gasteiger partial charge >= 0.3 is 12.1 Å². The summed E-state index contributed by atoms with van der Waals surface area (Å²) in [4.78, 5) is 49.5. The van der Waals surface area contributed by atoms with Gasteiger partial charge < -0.3 is 20.1 Å². The summed E-state index contributed by atoms with van der Waals surface area (Å²) in [7, 11) is 1.27. The number of ketones is 1. The predicted octanol–water partition coefficient (Wildman–Crippen LogP) is 3.18. The molecule has 1 aromatic rings. The van der Waals surface area contributed by atoms with Gasteiger partial charge in [-0.25, -0.2) is 9.59 Å². The lowest BCUT2D eigenvalue weighted by Gasteiger charge is -2.24. The van der Waals surface area contributed by atoms with Crippen molar-refractivity contribution < 1.29 is 28.7 Å². The van der Waals surface area contributed by atoms with Crippen LogP contribution in [0.2, 0.25) is 0 Å². The number of benzene rings is 1. The highest BCUT2D eigenvalue weighted by Gasteiger charge is 2.28. The normalized spacial score (nSPS) is 13.9. The second-order valence-corrected chi connectivity index (χ2v) is 8.81. The maximum absolute atomic E-state index is 12.9. The number of esters is 1. The smallest absolute Gasteiger partial charge is 0.408 e. The first kappa shape index (κ1) is 27.1. The molecule has 0 aliphatic heterocycles. The predicted molar refractivity (Wildman–Crippen MR) is 121 cm³/mol. The van der Waals surface area contributed by atoms with Crippen molar-refractivity contribution in [2.45, 2.75) is 78.0 Å². The van der Waals surface area contributed by atoms with Crippen LogP contribution in [0.25, 0.3) is 0 Å². The van der Waals surface area contributed by atoms with Gasteiger partial charge in [0.1, 0.15) is 11.6 Å². The van der Waals surface area contributed by atoms with Crippen LogP contribution in [-0.4, -0.2) is 48.5 Å². The number of alkyl carbamates (subject to hydrolysis) is 1. The van der Waals surface area contributed by atoms with E-state index in [1.807, 2.05) is 44.2 Å². The molecule has 0 saturated heterocycles. The monoisotopic (exact) mass is 448 g/mol. The SMILES string of the molecule is CCC(C)[C@H](NC(=O)CCC(=O)[C@H](Cc1ccccc1)NC(=O)OC(C)(C)C)C(=O)OC. The number of carbonyl (C=O) groups is 4. The average Bonchev–Trinajstić information content (AvgIpc) is 2.73. The number of ether oxygens (including phenoxy) is 2. The second kappa shape index (κ2) is 12.8. The number of rotatable bonds is 11. The number of Topliss-reactive ketones (excluding diaryl/α,β-unsaturated/α-hetero) is 1. The highest BCUT2D eigenvalue weighted by Crippen LogP contribution is 2.12. The third kappa shape index (κ3) is 9.94. The minimum atomic E-state index is -0.842. The summed E-state index contributed by atoms with van der Waals surface area (Å²) in [6, 6.07) is 7.66. The molecule has 0 heterocycles. The van der Waals surface area contributed by atoms with E-state index in [1.54, 1.807) is 20.8 Å². The Morgan fingerprint density at radius 2 is 1.62 bits per heavy atom. The summed E-state index contributed by atoms with van der Waals surface area (Å²) in [5.74, 6) is -1.35. The molecule has 8 heteroatoms. The van der Waals surface area contributed by atoms with Gasteiger partial charge in [0.2, 0.25) is 5.91 Å². The Labute approximate surface area is 190 Å². The van der Waals surface area contributed by atoms with Crippen LogP contribution in [0.5, 0.6) is 0 Å². The Kier molecular flexibility index (Phi) is 10.9. The van der Waals surface area contributed by atoms with Crippen molar-refractivity contribution in [3.63, 3.8) is 0 Å². The fourth-order valence-electron chi connectivity index (χ4n) is 3.00. The maximum Gasteiger partial charge on any atom is 0.408 e. The molecule has 0 spiro atoms. The van der Waals surface area contributed by atoms with Gasteiger partial charge in [-0.1, -0.05) is 50.6 Å². The van der Waals surface area contributed by atoms with Crippen molar-refractivity contribution in [2.24, 2.45) is 5.92 Å². The minimum Gasteiger partial charge on any atom is -0.467 e. The summed E-state index contributed by atoms with van der Waals surface area (Å²) >= 11 is 0. The highest BCUT2D eigenvalue weighted by molar-refractivity contribution is 5.91. The summed E-state index contributed by atoms with van der Waals surface area (Å²) in [5.41, 5.74) is 0.164. The first-order valence-electron chi connectivity index (χ1n) is 10.9. The van der Waals surface area contributed by atoms with Gasteiger partial charge in [0, 0.05) is 12.8 Å². The van der Waals surface area contributed by atoms with Gasteiger partial charge in [0.05, 0.1) is 13.2 Å². The molecule has 0 fully saturated rings. The fraction of sp³-hybridized carbons (Fsp3) is 0.583. The summed E-state index contributed by atoms with van der Waals surface area (Å²) in [6.45, 7) is 8.96. The molecule has 32 heavy (non-hydrogen) atoms. The molecule has 8 nitrogen and oxygen atoms in total. The molecule has 1 aromatic carbocycles. The number of methoxy groups -OCH3 is 1. The lowest BCUT2D eigenvalue weighted by molar-refractivity contribution is -0.146. The zero-order valence-corrected chi connectivity index (χ0v) is 19.9. The number of hydrogen-bond donors (Lipinski definition) is 2. The lowest BCUT2D eigenvalue weighted by Crippen LogP contribution is -2.47. The largest absolute Gasteiger partial charge is 0.467 e. The van der Waals surface area contributed by atoms with Crippen LogP contribution < -0.4 is 10.6 Å². The van der Waals surface area contributed by atoms with Gasteiger partial charge in [0.25, 0.3) is 0 Å². The maximum atomic E-state index is 12.9. The van der Waals surface area contributed by atoms with Crippen LogP contribution in [0.1, 0.15) is 59.4 Å². The first-order chi connectivity index (χ1) is 15.0. The van der Waals surface area contributed by atoms with Crippen LogP contribution >= 0.6 is 0 Å². The molecule has 3 atom stereocenters. The highest BCUT2D eigenvalue weighted by atomic mass is 16.6. The van der Waals surface area contributed by atoms with E-state index >= 15 is 0 Å². The van der Waals surface area contributed by atoms with Crippen LogP contribution in [0.15, 0.2) is 30.3 Å². The molecule has 2 amide bonds. The van der Waals surface area contributed by atoms with E-state index < -0.39 is 35.7 Å². The van der Waals surface area contributed by atoms with E-state index in [-0.39, 0.29) is 31.0 Å². The van der Waals surface area contributed by atoms with Crippen LogP contribution in [0.4, 0.5) is 4.79 Å². The zero-order chi connectivity index (χ0) is 24.3. The molecule has 0 bridgehead atoms. The van der Waals surface area contributed by atoms with Crippen molar-refractivity contribution in [1.29, 1.82) is 0 Å². The van der Waals surface area contributed by atoms with E-state index in [1.165, 1.54) is 7.11 Å². The third-order valence-corrected chi connectivity index (χ3v) is 4.95. The Bertz CT molecular complexity index is 772. The molecular formula is C24H36N2O6. The molecule has 2 N–H and O–H groups in total. The summed E-state index contributed by atoms with van der Waals surface area (Å²) < 4.78 is 10.0. The van der Waals surface area contributed by atoms with E-state index in [2.05, 4.69) is 10.6 Å². The van der Waals surface area contributed by atoms with Crippen LogP contribution in [-0.2, 0) is 30.3 Å². The Hall–Kier alpha value is -2.90. The third-order valence-electron chi connectivity index (χ3n) is 4.95.